The number of methoxy groups -OCH3 is 2. The molecular formula is C9H15N5O2. The van der Waals surface area contributed by atoms with E-state index >= 15 is 0 Å². The summed E-state index contributed by atoms with van der Waals surface area (Å²) >= 11 is 0. The lowest BCUT2D eigenvalue weighted by molar-refractivity contribution is 0.341. The van der Waals surface area contributed by atoms with Crippen molar-refractivity contribution in [3.63, 3.8) is 0 Å². The summed E-state index contributed by atoms with van der Waals surface area (Å²) in [6.45, 7) is 1.92. The fourth-order valence-corrected chi connectivity index (χ4v) is 1.55. The monoisotopic (exact) mass is 225 g/mol. The van der Waals surface area contributed by atoms with Gasteiger partial charge in [-0.25, -0.2) is 0 Å². The van der Waals surface area contributed by atoms with E-state index < -0.39 is 0 Å². The van der Waals surface area contributed by atoms with Crippen LogP contribution in [-0.2, 0) is 0 Å². The molecule has 1 unspecified atom stereocenters. The molecule has 2 heterocycles. The fraction of sp³-hybridized carbons (Fsp3) is 0.667. The number of aromatic nitrogens is 3. The maximum atomic E-state index is 4.96. The minimum atomic E-state index is 0.250. The zero-order valence-electron chi connectivity index (χ0n) is 9.36. The molecule has 7 heteroatoms. The zero-order valence-corrected chi connectivity index (χ0v) is 9.36. The Balaban J connectivity index is 2.12. The molecule has 1 fully saturated rings. The normalized spacial score (nSPS) is 19.5. The summed E-state index contributed by atoms with van der Waals surface area (Å²) in [5.74, 6) is 0.484. The van der Waals surface area contributed by atoms with Crippen LogP contribution in [0.15, 0.2) is 0 Å². The lowest BCUT2D eigenvalue weighted by atomic mass is 10.3. The van der Waals surface area contributed by atoms with Gasteiger partial charge in [0.2, 0.25) is 5.95 Å². The molecular weight excluding hydrogens is 210 g/mol. The third-order valence-electron chi connectivity index (χ3n) is 2.35. The van der Waals surface area contributed by atoms with Crippen LogP contribution < -0.4 is 20.1 Å². The van der Waals surface area contributed by atoms with Gasteiger partial charge in [-0.15, -0.1) is 4.98 Å². The SMILES string of the molecule is COc1nc(NC2CCNC2)nc(OC)n1. The molecule has 2 N–H and O–H groups in total. The Kier molecular flexibility index (Phi) is 3.35. The van der Waals surface area contributed by atoms with Crippen LogP contribution in [0.25, 0.3) is 0 Å². The van der Waals surface area contributed by atoms with Crippen molar-refractivity contribution in [1.29, 1.82) is 0 Å². The van der Waals surface area contributed by atoms with E-state index in [0.29, 0.717) is 12.0 Å². The molecule has 1 saturated heterocycles. The Bertz CT molecular complexity index is 332. The van der Waals surface area contributed by atoms with E-state index in [4.69, 9.17) is 9.47 Å². The highest BCUT2D eigenvalue weighted by Crippen LogP contribution is 2.14. The first-order chi connectivity index (χ1) is 7.81. The van der Waals surface area contributed by atoms with Crippen LogP contribution in [0.5, 0.6) is 12.0 Å². The molecule has 1 aliphatic rings. The number of anilines is 1. The Morgan fingerprint density at radius 3 is 2.38 bits per heavy atom. The second-order valence-corrected chi connectivity index (χ2v) is 3.47. The lowest BCUT2D eigenvalue weighted by Gasteiger charge is -2.11. The molecule has 88 valence electrons. The van der Waals surface area contributed by atoms with E-state index in [1.807, 2.05) is 0 Å². The highest BCUT2D eigenvalue weighted by molar-refractivity contribution is 5.29. The second-order valence-electron chi connectivity index (χ2n) is 3.47. The van der Waals surface area contributed by atoms with Gasteiger partial charge in [-0.2, -0.15) is 9.97 Å². The average Bonchev–Trinajstić information content (AvgIpc) is 2.81. The zero-order chi connectivity index (χ0) is 11.4. The maximum absolute atomic E-state index is 4.96. The first kappa shape index (κ1) is 10.9. The van der Waals surface area contributed by atoms with Gasteiger partial charge in [-0.1, -0.05) is 0 Å². The molecule has 0 saturated carbocycles. The van der Waals surface area contributed by atoms with Gasteiger partial charge < -0.3 is 20.1 Å². The number of hydrogen-bond donors (Lipinski definition) is 2. The van der Waals surface area contributed by atoms with Crippen LogP contribution in [0.4, 0.5) is 5.95 Å². The predicted molar refractivity (Wildman–Crippen MR) is 57.8 cm³/mol. The summed E-state index contributed by atoms with van der Waals surface area (Å²) < 4.78 is 9.93. The number of ether oxygens (including phenoxy) is 2. The average molecular weight is 225 g/mol. The molecule has 0 aliphatic carbocycles. The van der Waals surface area contributed by atoms with Crippen molar-refractivity contribution in [1.82, 2.24) is 20.3 Å². The Morgan fingerprint density at radius 2 is 1.88 bits per heavy atom. The molecule has 16 heavy (non-hydrogen) atoms. The van der Waals surface area contributed by atoms with Crippen molar-refractivity contribution in [2.45, 2.75) is 12.5 Å². The van der Waals surface area contributed by atoms with Crippen molar-refractivity contribution in [2.24, 2.45) is 0 Å². The van der Waals surface area contributed by atoms with Gasteiger partial charge in [0.1, 0.15) is 0 Å². The molecule has 0 bridgehead atoms. The molecule has 0 aromatic carbocycles. The summed E-state index contributed by atoms with van der Waals surface area (Å²) in [6.07, 6.45) is 1.05. The molecule has 7 nitrogen and oxygen atoms in total. The van der Waals surface area contributed by atoms with E-state index in [9.17, 15) is 0 Å². The third kappa shape index (κ3) is 2.48. The third-order valence-corrected chi connectivity index (χ3v) is 2.35. The smallest absolute Gasteiger partial charge is 0.324 e. The molecule has 0 amide bonds. The van der Waals surface area contributed by atoms with Crippen molar-refractivity contribution in [2.75, 3.05) is 32.6 Å². The predicted octanol–water partition coefficient (Wildman–Crippen LogP) is -0.337. The van der Waals surface area contributed by atoms with Gasteiger partial charge in [0.15, 0.2) is 0 Å². The van der Waals surface area contributed by atoms with Crippen molar-refractivity contribution < 1.29 is 9.47 Å². The van der Waals surface area contributed by atoms with E-state index in [1.54, 1.807) is 0 Å². The van der Waals surface area contributed by atoms with Gasteiger partial charge in [0.05, 0.1) is 14.2 Å². The standard InChI is InChI=1S/C9H15N5O2/c1-15-8-12-7(13-9(14-8)16-2)11-6-3-4-10-5-6/h6,10H,3-5H2,1-2H3,(H,11,12,13,14). The summed E-state index contributed by atoms with van der Waals surface area (Å²) in [5.41, 5.74) is 0. The first-order valence-electron chi connectivity index (χ1n) is 5.13. The maximum Gasteiger partial charge on any atom is 0.324 e. The number of nitrogens with zero attached hydrogens (tertiary/aromatic N) is 3. The molecule has 1 aromatic rings. The molecule has 1 aromatic heterocycles. The summed E-state index contributed by atoms with van der Waals surface area (Å²) in [4.78, 5) is 12.1. The van der Waals surface area contributed by atoms with Gasteiger partial charge >= 0.3 is 12.0 Å². The molecule has 0 spiro atoms. The van der Waals surface area contributed by atoms with E-state index in [0.717, 1.165) is 19.5 Å². The second kappa shape index (κ2) is 4.93. The van der Waals surface area contributed by atoms with Crippen molar-refractivity contribution in [3.05, 3.63) is 0 Å². The Morgan fingerprint density at radius 1 is 1.19 bits per heavy atom. The quantitative estimate of drug-likeness (QED) is 0.725. The first-order valence-corrected chi connectivity index (χ1v) is 5.13. The Labute approximate surface area is 93.6 Å². The number of nitrogens with one attached hydrogen (secondary N) is 2. The summed E-state index contributed by atoms with van der Waals surface area (Å²) in [5, 5.41) is 6.46. The minimum Gasteiger partial charge on any atom is -0.467 e. The molecule has 2 rings (SSSR count). The van der Waals surface area contributed by atoms with Gasteiger partial charge in [-0.3, -0.25) is 0 Å². The molecule has 0 radical (unpaired) electrons. The molecule has 1 aliphatic heterocycles. The highest BCUT2D eigenvalue weighted by Gasteiger charge is 2.16. The van der Waals surface area contributed by atoms with Crippen LogP contribution in [0, 0.1) is 0 Å². The van der Waals surface area contributed by atoms with Crippen molar-refractivity contribution >= 4 is 5.95 Å². The van der Waals surface area contributed by atoms with Crippen LogP contribution in [0.3, 0.4) is 0 Å². The van der Waals surface area contributed by atoms with Crippen LogP contribution in [0.2, 0.25) is 0 Å². The van der Waals surface area contributed by atoms with Gasteiger partial charge in [-0.05, 0) is 13.0 Å². The lowest BCUT2D eigenvalue weighted by Crippen LogP contribution is -2.23. The Hall–Kier alpha value is -1.63. The van der Waals surface area contributed by atoms with Crippen LogP contribution in [-0.4, -0.2) is 48.3 Å². The topological polar surface area (TPSA) is 81.2 Å². The van der Waals surface area contributed by atoms with Gasteiger partial charge in [0, 0.05) is 12.6 Å². The summed E-state index contributed by atoms with van der Waals surface area (Å²) in [6, 6.07) is 0.845. The van der Waals surface area contributed by atoms with E-state index in [-0.39, 0.29) is 12.0 Å². The molecule has 1 atom stereocenters. The largest absolute Gasteiger partial charge is 0.467 e. The fourth-order valence-electron chi connectivity index (χ4n) is 1.55. The number of rotatable bonds is 4. The number of hydrogen-bond acceptors (Lipinski definition) is 7. The minimum absolute atomic E-state index is 0.250. The van der Waals surface area contributed by atoms with E-state index in [2.05, 4.69) is 25.6 Å². The highest BCUT2D eigenvalue weighted by atomic mass is 16.5. The van der Waals surface area contributed by atoms with Crippen molar-refractivity contribution in [3.8, 4) is 12.0 Å². The van der Waals surface area contributed by atoms with Gasteiger partial charge in [0.25, 0.3) is 0 Å². The van der Waals surface area contributed by atoms with Crippen LogP contribution >= 0.6 is 0 Å². The summed E-state index contributed by atoms with van der Waals surface area (Å²) in [7, 11) is 3.02. The van der Waals surface area contributed by atoms with E-state index in [1.165, 1.54) is 14.2 Å². The van der Waals surface area contributed by atoms with Crippen LogP contribution in [0.1, 0.15) is 6.42 Å².